The van der Waals surface area contributed by atoms with Crippen molar-refractivity contribution in [3.63, 3.8) is 0 Å². The lowest BCUT2D eigenvalue weighted by molar-refractivity contribution is 0.561. The Labute approximate surface area is 148 Å². The van der Waals surface area contributed by atoms with E-state index in [0.717, 1.165) is 34.4 Å². The molecular weight excluding hydrogens is 471 g/mol. The summed E-state index contributed by atoms with van der Waals surface area (Å²) >= 11 is 4.59. The topological polar surface area (TPSA) is 38.7 Å². The lowest BCUT2D eigenvalue weighted by Crippen LogP contribution is -2.30. The minimum Gasteiger partial charge on any atom is -0.591 e. The Morgan fingerprint density at radius 1 is 1.45 bits per heavy atom. The van der Waals surface area contributed by atoms with Crippen LogP contribution in [-0.4, -0.2) is 21.6 Å². The maximum Gasteiger partial charge on any atom is 0.144 e. The van der Waals surface area contributed by atoms with Crippen LogP contribution in [0.5, 0.6) is 0 Å². The van der Waals surface area contributed by atoms with Crippen LogP contribution in [0.3, 0.4) is 0 Å². The summed E-state index contributed by atoms with van der Waals surface area (Å²) in [6.07, 6.45) is 0.826. The Hall–Kier alpha value is 0.560. The average Bonchev–Trinajstić information content (AvgIpc) is 2.37. The first kappa shape index (κ1) is 16.9. The molecule has 0 saturated heterocycles. The molecule has 0 saturated carbocycles. The van der Waals surface area contributed by atoms with Crippen LogP contribution in [0.25, 0.3) is 0 Å². The van der Waals surface area contributed by atoms with Crippen molar-refractivity contribution in [1.29, 1.82) is 0 Å². The van der Waals surface area contributed by atoms with Crippen molar-refractivity contribution in [3.05, 3.63) is 28.2 Å². The molecule has 1 aliphatic heterocycles. The van der Waals surface area contributed by atoms with Crippen LogP contribution in [-0.2, 0) is 11.4 Å². The third-order valence-corrected chi connectivity index (χ3v) is 6.79. The Morgan fingerprint density at radius 3 is 2.75 bits per heavy atom. The fourth-order valence-corrected chi connectivity index (χ4v) is 4.45. The third kappa shape index (κ3) is 3.85. The zero-order chi connectivity index (χ0) is 14.9. The van der Waals surface area contributed by atoms with E-state index in [-0.39, 0.29) is 4.75 Å². The lowest BCUT2D eigenvalue weighted by atomic mass is 10.0. The predicted molar refractivity (Wildman–Crippen MR) is 102 cm³/mol. The summed E-state index contributed by atoms with van der Waals surface area (Å²) in [6.45, 7) is 6.74. The molecule has 110 valence electrons. The molecule has 0 aromatic heterocycles. The minimum absolute atomic E-state index is 0.322. The van der Waals surface area contributed by atoms with Crippen LogP contribution < -0.4 is 4.31 Å². The summed E-state index contributed by atoms with van der Waals surface area (Å²) in [7, 11) is 1.68. The largest absolute Gasteiger partial charge is 0.591 e. The Morgan fingerprint density at radius 2 is 2.15 bits per heavy atom. The van der Waals surface area contributed by atoms with Gasteiger partial charge in [-0.3, -0.25) is 0 Å². The second-order valence-electron chi connectivity index (χ2n) is 5.48. The van der Waals surface area contributed by atoms with Gasteiger partial charge in [-0.25, -0.2) is 0 Å². The zero-order valence-corrected chi connectivity index (χ0v) is 16.9. The van der Waals surface area contributed by atoms with Crippen molar-refractivity contribution < 1.29 is 4.55 Å². The van der Waals surface area contributed by atoms with Gasteiger partial charge in [0.15, 0.2) is 0 Å². The van der Waals surface area contributed by atoms with E-state index in [1.54, 1.807) is 9.12 Å². The molecule has 1 heterocycles. The van der Waals surface area contributed by atoms with E-state index in [9.17, 15) is 4.55 Å². The number of fused-ring (bicyclic) bond motifs is 1. The van der Waals surface area contributed by atoms with Gasteiger partial charge in [0, 0.05) is 53.3 Å². The van der Waals surface area contributed by atoms with E-state index in [4.69, 9.17) is 0 Å². The predicted octanol–water partition coefficient (Wildman–Crippen LogP) is 4.91. The summed E-state index contributed by atoms with van der Waals surface area (Å²) in [4.78, 5) is 0. The van der Waals surface area contributed by atoms with E-state index in [2.05, 4.69) is 58.0 Å². The molecule has 7 heteroatoms. The maximum absolute atomic E-state index is 12.3. The van der Waals surface area contributed by atoms with Crippen molar-refractivity contribution in [2.24, 2.45) is 4.40 Å². The smallest absolute Gasteiger partial charge is 0.144 e. The van der Waals surface area contributed by atoms with Crippen molar-refractivity contribution in [2.75, 3.05) is 10.8 Å². The van der Waals surface area contributed by atoms with Gasteiger partial charge in [0.2, 0.25) is 0 Å². The first-order chi connectivity index (χ1) is 9.32. The summed E-state index contributed by atoms with van der Waals surface area (Å²) < 4.78 is 19.7. The molecule has 1 aromatic rings. The highest BCUT2D eigenvalue weighted by atomic mass is 127. The summed E-state index contributed by atoms with van der Waals surface area (Å²) in [6, 6.07) is 6.16. The van der Waals surface area contributed by atoms with Gasteiger partial charge in [-0.2, -0.15) is 0 Å². The van der Waals surface area contributed by atoms with Gasteiger partial charge in [0.1, 0.15) is 21.8 Å². The quantitative estimate of drug-likeness (QED) is 0.338. The van der Waals surface area contributed by atoms with Gasteiger partial charge in [-0.05, 0) is 39.0 Å². The fourth-order valence-electron chi connectivity index (χ4n) is 1.82. The first-order valence-electron chi connectivity index (χ1n) is 6.18. The maximum atomic E-state index is 12.3. The van der Waals surface area contributed by atoms with E-state index in [0.29, 0.717) is 0 Å². The number of benzene rings is 1. The SMILES string of the molecule is CC(C)(C)[S+]([O-])/N=C1\CCN(SI)c2cc(Br)ccc21. The van der Waals surface area contributed by atoms with Crippen molar-refractivity contribution in [3.8, 4) is 0 Å². The summed E-state index contributed by atoms with van der Waals surface area (Å²) in [5.74, 6) is 0. The molecule has 0 N–H and O–H groups in total. The van der Waals surface area contributed by atoms with Gasteiger partial charge >= 0.3 is 0 Å². The van der Waals surface area contributed by atoms with Crippen LogP contribution in [0.2, 0.25) is 0 Å². The minimum atomic E-state index is -1.21. The molecule has 0 aliphatic carbocycles. The van der Waals surface area contributed by atoms with Gasteiger partial charge in [0.25, 0.3) is 0 Å². The molecule has 0 bridgehead atoms. The Kier molecular flexibility index (Phi) is 5.72. The lowest BCUT2D eigenvalue weighted by Gasteiger charge is -2.29. The van der Waals surface area contributed by atoms with E-state index in [1.165, 1.54) is 0 Å². The Bertz CT molecular complexity index is 534. The Balaban J connectivity index is 2.42. The van der Waals surface area contributed by atoms with Crippen LogP contribution in [0, 0.1) is 0 Å². The highest BCUT2D eigenvalue weighted by Crippen LogP contribution is 2.37. The number of anilines is 1. The summed E-state index contributed by atoms with van der Waals surface area (Å²) in [5, 5.41) is 0. The number of rotatable bonds is 2. The van der Waals surface area contributed by atoms with Crippen LogP contribution >= 0.6 is 46.3 Å². The molecule has 2 rings (SSSR count). The standard InChI is InChI=1S/C13H16BrIN2OS2/c1-13(2,3)20(18)16-11-6-7-17(19-15)12-8-9(14)4-5-10(11)12/h4-5,8H,6-7H2,1-3H3/b16-11+. The van der Waals surface area contributed by atoms with Crippen molar-refractivity contribution >= 4 is 69.0 Å². The number of hydrogen-bond donors (Lipinski definition) is 0. The summed E-state index contributed by atoms with van der Waals surface area (Å²) in [5.41, 5.74) is 3.17. The van der Waals surface area contributed by atoms with Gasteiger partial charge in [-0.1, -0.05) is 20.3 Å². The van der Waals surface area contributed by atoms with Crippen LogP contribution in [0.1, 0.15) is 32.8 Å². The zero-order valence-electron chi connectivity index (χ0n) is 11.5. The van der Waals surface area contributed by atoms with Gasteiger partial charge < -0.3 is 8.86 Å². The van der Waals surface area contributed by atoms with Gasteiger partial charge in [-0.15, -0.1) is 0 Å². The molecule has 0 amide bonds. The average molecular weight is 487 g/mol. The third-order valence-electron chi connectivity index (χ3n) is 2.89. The van der Waals surface area contributed by atoms with Crippen molar-refractivity contribution in [2.45, 2.75) is 31.9 Å². The molecule has 1 aromatic carbocycles. The molecule has 1 aliphatic rings. The first-order valence-corrected chi connectivity index (χ1v) is 11.4. The molecule has 0 spiro atoms. The highest BCUT2D eigenvalue weighted by Gasteiger charge is 2.30. The molecule has 20 heavy (non-hydrogen) atoms. The van der Waals surface area contributed by atoms with E-state index in [1.807, 2.05) is 26.8 Å². The molecule has 1 unspecified atom stereocenters. The molecular formula is C13H16BrIN2OS2. The highest BCUT2D eigenvalue weighted by molar-refractivity contribution is 14.2. The molecule has 1 atom stereocenters. The number of halogens is 2. The van der Waals surface area contributed by atoms with Crippen LogP contribution in [0.4, 0.5) is 5.69 Å². The fraction of sp³-hybridized carbons (Fsp3) is 0.462. The normalized spacial score (nSPS) is 19.1. The second-order valence-corrected chi connectivity index (χ2v) is 10.1. The van der Waals surface area contributed by atoms with Crippen LogP contribution in [0.15, 0.2) is 27.1 Å². The second kappa shape index (κ2) is 6.76. The molecule has 0 radical (unpaired) electrons. The van der Waals surface area contributed by atoms with Crippen molar-refractivity contribution in [1.82, 2.24) is 0 Å². The number of nitrogens with zero attached hydrogens (tertiary/aromatic N) is 2. The van der Waals surface area contributed by atoms with E-state index >= 15 is 0 Å². The molecule has 0 fully saturated rings. The molecule has 3 nitrogen and oxygen atoms in total. The van der Waals surface area contributed by atoms with Gasteiger partial charge in [0.05, 0.1) is 5.69 Å². The monoisotopic (exact) mass is 486 g/mol. The van der Waals surface area contributed by atoms with E-state index < -0.39 is 11.4 Å². The number of hydrogen-bond acceptors (Lipinski definition) is 4.